The summed E-state index contributed by atoms with van der Waals surface area (Å²) in [4.78, 5) is 0. The van der Waals surface area contributed by atoms with Gasteiger partial charge in [0.2, 0.25) is 0 Å². The number of hydrogen-bond donors (Lipinski definition) is 0. The predicted octanol–water partition coefficient (Wildman–Crippen LogP) is 2.68. The summed E-state index contributed by atoms with van der Waals surface area (Å²) >= 11 is 0. The minimum Gasteiger partial charge on any atom is -0.627 e. The highest BCUT2D eigenvalue weighted by atomic mass is 19.3. The highest BCUT2D eigenvalue weighted by Crippen LogP contribution is 2.32. The van der Waals surface area contributed by atoms with Gasteiger partial charge in [-0.3, -0.25) is 0 Å². The van der Waals surface area contributed by atoms with Gasteiger partial charge in [-0.05, 0) is 24.3 Å². The lowest BCUT2D eigenvalue weighted by molar-refractivity contribution is -0.458. The molecule has 0 aromatic heterocycles. The Balaban J connectivity index is 2.35. The van der Waals surface area contributed by atoms with Crippen LogP contribution in [0.2, 0.25) is 0 Å². The lowest BCUT2D eigenvalue weighted by Crippen LogP contribution is -2.34. The monoisotopic (exact) mass is 295 g/mol. The second-order valence-electron chi connectivity index (χ2n) is 4.69. The van der Waals surface area contributed by atoms with Crippen molar-refractivity contribution in [2.75, 3.05) is 21.2 Å². The van der Waals surface area contributed by atoms with Gasteiger partial charge in [-0.2, -0.15) is 0 Å². The molecule has 7 heteroatoms. The number of hydrogen-bond acceptors (Lipinski definition) is 3. The van der Waals surface area contributed by atoms with Crippen LogP contribution in [-0.2, 0) is 9.31 Å². The lowest BCUT2D eigenvalue weighted by Gasteiger charge is -2.34. The Kier molecular flexibility index (Phi) is 4.30. The summed E-state index contributed by atoms with van der Waals surface area (Å²) in [6.45, 7) is 0. The van der Waals surface area contributed by atoms with Crippen molar-refractivity contribution >= 4 is 19.1 Å². The smallest absolute Gasteiger partial charge is 0.627 e. The van der Waals surface area contributed by atoms with Crippen molar-refractivity contribution < 1.29 is 27.3 Å². The quantitative estimate of drug-likeness (QED) is 0.488. The molecule has 0 aliphatic carbocycles. The topological polar surface area (TPSA) is 30.7 Å². The molecule has 0 amide bonds. The Morgan fingerprint density at radius 3 is 2.38 bits per heavy atom. The number of ether oxygens (including phenoxy) is 1. The molecule has 1 aliphatic heterocycles. The molecule has 0 fully saturated rings. The fourth-order valence-electron chi connectivity index (χ4n) is 1.74. The average molecular weight is 295 g/mol. The Hall–Kier alpha value is -2.31. The van der Waals surface area contributed by atoms with Crippen LogP contribution in [0.3, 0.4) is 0 Å². The van der Waals surface area contributed by atoms with Crippen molar-refractivity contribution in [1.82, 2.24) is 0 Å². The first-order valence-corrected chi connectivity index (χ1v) is 6.35. The van der Waals surface area contributed by atoms with Crippen molar-refractivity contribution in [1.29, 1.82) is 0 Å². The highest BCUT2D eigenvalue weighted by molar-refractivity contribution is 6.53. The van der Waals surface area contributed by atoms with Crippen molar-refractivity contribution in [3.63, 3.8) is 0 Å². The fourth-order valence-corrected chi connectivity index (χ4v) is 1.74. The number of nitrogens with zero attached hydrogens (tertiary/aromatic N) is 1. The van der Waals surface area contributed by atoms with Crippen molar-refractivity contribution in [3.05, 3.63) is 47.7 Å². The maximum absolute atomic E-state index is 13.5. The van der Waals surface area contributed by atoms with E-state index in [9.17, 15) is 8.63 Å². The first-order chi connectivity index (χ1) is 9.89. The number of methoxy groups -OCH3 is 1. The molecule has 0 saturated heterocycles. The second-order valence-corrected chi connectivity index (χ2v) is 4.69. The van der Waals surface area contributed by atoms with Crippen LogP contribution in [-0.4, -0.2) is 39.1 Å². The lowest BCUT2D eigenvalue weighted by atomic mass is 10.1. The molecule has 1 heterocycles. The largest absolute Gasteiger partial charge is 0.725 e. The van der Waals surface area contributed by atoms with E-state index >= 15 is 0 Å². The molecule has 2 rings (SSSR count). The Labute approximate surface area is 122 Å². The van der Waals surface area contributed by atoms with Gasteiger partial charge in [0.25, 0.3) is 0 Å². The van der Waals surface area contributed by atoms with Gasteiger partial charge in [0.15, 0.2) is 6.21 Å². The van der Waals surface area contributed by atoms with Gasteiger partial charge in [0.05, 0.1) is 18.6 Å². The summed E-state index contributed by atoms with van der Waals surface area (Å²) in [5.74, 6) is 0.749. The molecule has 0 radical (unpaired) electrons. The van der Waals surface area contributed by atoms with Gasteiger partial charge in [-0.15, -0.1) is 0 Å². The Morgan fingerprint density at radius 2 is 1.81 bits per heavy atom. The van der Waals surface area contributed by atoms with Crippen LogP contribution in [0, 0.1) is 0 Å². The van der Waals surface area contributed by atoms with Crippen LogP contribution >= 0.6 is 0 Å². The third-order valence-electron chi connectivity index (χ3n) is 2.72. The zero-order valence-corrected chi connectivity index (χ0v) is 12.0. The summed E-state index contributed by atoms with van der Waals surface area (Å²) < 4.78 is 43.0. The van der Waals surface area contributed by atoms with E-state index in [4.69, 9.17) is 4.74 Å². The minimum atomic E-state index is -4.37. The third kappa shape index (κ3) is 4.08. The number of allylic oxidation sites excluding steroid dienone is 2. The van der Waals surface area contributed by atoms with Gasteiger partial charge in [0, 0.05) is 17.7 Å². The second kappa shape index (κ2) is 5.99. The van der Waals surface area contributed by atoms with Crippen molar-refractivity contribution in [2.45, 2.75) is 0 Å². The van der Waals surface area contributed by atoms with Crippen LogP contribution in [0.1, 0.15) is 5.56 Å². The minimum absolute atomic E-state index is 0.0470. The predicted molar refractivity (Wildman–Crippen MR) is 77.4 cm³/mol. The molecule has 0 atom stereocenters. The summed E-state index contributed by atoms with van der Waals surface area (Å²) in [5.41, 5.74) is 0.524. The van der Waals surface area contributed by atoms with E-state index in [-0.39, 0.29) is 11.5 Å². The maximum atomic E-state index is 13.5. The summed E-state index contributed by atoms with van der Waals surface area (Å²) in [7, 11) is 0.733. The molecule has 0 N–H and O–H groups in total. The number of benzene rings is 1. The van der Waals surface area contributed by atoms with E-state index in [1.54, 1.807) is 49.2 Å². The van der Waals surface area contributed by atoms with Crippen LogP contribution in [0.15, 0.2) is 42.2 Å². The average Bonchev–Trinajstić information content (AvgIpc) is 2.43. The standard InChI is InChI=1S/C14H16BF2NO3/c1-18(2)9-8-13-10-14(21-15(16,17)20-13)11-4-6-12(19-3)7-5-11/h4-10H,1-3H3/b13-8-. The number of halogens is 2. The first kappa shape index (κ1) is 15.1. The molecule has 0 unspecified atom stereocenters. The van der Waals surface area contributed by atoms with Gasteiger partial charge in [-0.25, -0.2) is 4.58 Å². The summed E-state index contributed by atoms with van der Waals surface area (Å²) in [6.07, 6.45) is 4.51. The summed E-state index contributed by atoms with van der Waals surface area (Å²) in [6, 6.07) is 6.65. The van der Waals surface area contributed by atoms with Crippen LogP contribution in [0.4, 0.5) is 8.63 Å². The van der Waals surface area contributed by atoms with E-state index < -0.39 is 7.11 Å². The Morgan fingerprint density at radius 1 is 1.14 bits per heavy atom. The van der Waals surface area contributed by atoms with Gasteiger partial charge < -0.3 is 22.7 Å². The zero-order chi connectivity index (χ0) is 15.5. The molecular weight excluding hydrogens is 279 g/mol. The van der Waals surface area contributed by atoms with E-state index in [0.717, 1.165) is 0 Å². The molecule has 21 heavy (non-hydrogen) atoms. The van der Waals surface area contributed by atoms with Gasteiger partial charge in [0.1, 0.15) is 19.8 Å². The summed E-state index contributed by atoms with van der Waals surface area (Å²) in [5, 5.41) is 0. The fraction of sp³-hybridized carbons (Fsp3) is 0.214. The third-order valence-corrected chi connectivity index (χ3v) is 2.72. The van der Waals surface area contributed by atoms with Crippen molar-refractivity contribution in [2.24, 2.45) is 0 Å². The SMILES string of the molecule is COc1ccc(C2=C/C(=C/C=[N+](C)C)O[B-](F)(F)O2)cc1. The highest BCUT2D eigenvalue weighted by Gasteiger charge is 2.37. The molecular formula is C14H16BF2NO3. The molecule has 0 spiro atoms. The molecule has 1 aliphatic rings. The molecule has 4 nitrogen and oxygen atoms in total. The van der Waals surface area contributed by atoms with Gasteiger partial charge >= 0.3 is 7.11 Å². The first-order valence-electron chi connectivity index (χ1n) is 6.35. The van der Waals surface area contributed by atoms with Crippen LogP contribution in [0.25, 0.3) is 5.76 Å². The normalized spacial score (nSPS) is 18.3. The van der Waals surface area contributed by atoms with E-state index in [1.165, 1.54) is 19.3 Å². The van der Waals surface area contributed by atoms with Crippen LogP contribution in [0.5, 0.6) is 5.75 Å². The maximum Gasteiger partial charge on any atom is 0.725 e. The van der Waals surface area contributed by atoms with E-state index in [0.29, 0.717) is 11.3 Å². The Bertz CT molecular complexity index is 605. The molecule has 0 bridgehead atoms. The molecule has 1 aromatic rings. The van der Waals surface area contributed by atoms with E-state index in [1.807, 2.05) is 0 Å². The van der Waals surface area contributed by atoms with E-state index in [2.05, 4.69) is 9.31 Å². The molecule has 1 aromatic carbocycles. The number of rotatable bonds is 3. The van der Waals surface area contributed by atoms with Crippen molar-refractivity contribution in [3.8, 4) is 5.75 Å². The molecule has 112 valence electrons. The van der Waals surface area contributed by atoms with Gasteiger partial charge in [-0.1, -0.05) is 0 Å². The zero-order valence-electron chi connectivity index (χ0n) is 12.0. The molecule has 0 saturated carbocycles. The van der Waals surface area contributed by atoms with Crippen LogP contribution < -0.4 is 4.74 Å².